The highest BCUT2D eigenvalue weighted by molar-refractivity contribution is 6.34. The SMILES string of the molecule is CCN(CC)C(=O)c1ccc(NC(=O)C2(N)CC2)cc1Cl. The molecule has 1 saturated carbocycles. The second kappa shape index (κ2) is 6.03. The lowest BCUT2D eigenvalue weighted by Crippen LogP contribution is -2.37. The Morgan fingerprint density at radius 3 is 2.43 bits per heavy atom. The normalized spacial score (nSPS) is 15.4. The summed E-state index contributed by atoms with van der Waals surface area (Å²) in [5.74, 6) is -0.318. The molecule has 1 aromatic rings. The predicted octanol–water partition coefficient (Wildman–Crippen LogP) is 2.25. The van der Waals surface area contributed by atoms with Crippen LogP contribution in [-0.4, -0.2) is 35.3 Å². The summed E-state index contributed by atoms with van der Waals surface area (Å²) >= 11 is 6.17. The third kappa shape index (κ3) is 3.36. The van der Waals surface area contributed by atoms with Crippen molar-refractivity contribution in [3.05, 3.63) is 28.8 Å². The van der Waals surface area contributed by atoms with Crippen LogP contribution in [0.4, 0.5) is 5.69 Å². The molecule has 1 aliphatic carbocycles. The molecule has 0 heterocycles. The zero-order valence-corrected chi connectivity index (χ0v) is 13.0. The average molecular weight is 310 g/mol. The van der Waals surface area contributed by atoms with Crippen LogP contribution in [0.1, 0.15) is 37.0 Å². The van der Waals surface area contributed by atoms with Gasteiger partial charge in [0.15, 0.2) is 0 Å². The number of nitrogens with zero attached hydrogens (tertiary/aromatic N) is 1. The topological polar surface area (TPSA) is 75.4 Å². The van der Waals surface area contributed by atoms with Gasteiger partial charge < -0.3 is 16.0 Å². The van der Waals surface area contributed by atoms with Crippen LogP contribution in [0.25, 0.3) is 0 Å². The van der Waals surface area contributed by atoms with Crippen molar-refractivity contribution in [2.45, 2.75) is 32.2 Å². The van der Waals surface area contributed by atoms with Gasteiger partial charge in [0, 0.05) is 18.8 Å². The van der Waals surface area contributed by atoms with Crippen molar-refractivity contribution < 1.29 is 9.59 Å². The molecule has 1 aromatic carbocycles. The summed E-state index contributed by atoms with van der Waals surface area (Å²) in [5.41, 5.74) is 6.08. The number of carbonyl (C=O) groups excluding carboxylic acids is 2. The zero-order chi connectivity index (χ0) is 15.6. The van der Waals surface area contributed by atoms with Gasteiger partial charge in [-0.1, -0.05) is 11.6 Å². The first-order valence-electron chi connectivity index (χ1n) is 7.10. The predicted molar refractivity (Wildman–Crippen MR) is 83.5 cm³/mol. The molecule has 21 heavy (non-hydrogen) atoms. The van der Waals surface area contributed by atoms with Crippen molar-refractivity contribution in [1.29, 1.82) is 0 Å². The van der Waals surface area contributed by atoms with Gasteiger partial charge in [-0.15, -0.1) is 0 Å². The van der Waals surface area contributed by atoms with Crippen LogP contribution < -0.4 is 11.1 Å². The lowest BCUT2D eigenvalue weighted by atomic mass is 10.1. The molecule has 5 nitrogen and oxygen atoms in total. The van der Waals surface area contributed by atoms with Crippen molar-refractivity contribution in [2.75, 3.05) is 18.4 Å². The fourth-order valence-corrected chi connectivity index (χ4v) is 2.33. The van der Waals surface area contributed by atoms with Crippen molar-refractivity contribution in [3.8, 4) is 0 Å². The first kappa shape index (κ1) is 15.8. The number of hydrogen-bond donors (Lipinski definition) is 2. The molecular formula is C15H20ClN3O2. The Morgan fingerprint density at radius 2 is 1.95 bits per heavy atom. The molecular weight excluding hydrogens is 290 g/mol. The van der Waals surface area contributed by atoms with Gasteiger partial charge in [-0.05, 0) is 44.9 Å². The first-order valence-corrected chi connectivity index (χ1v) is 7.48. The van der Waals surface area contributed by atoms with Crippen molar-refractivity contribution in [3.63, 3.8) is 0 Å². The van der Waals surface area contributed by atoms with E-state index in [-0.39, 0.29) is 11.8 Å². The van der Waals surface area contributed by atoms with Gasteiger partial charge in [0.05, 0.1) is 16.1 Å². The Hall–Kier alpha value is -1.59. The summed E-state index contributed by atoms with van der Waals surface area (Å²) in [6.45, 7) is 5.08. The Labute approximate surface area is 129 Å². The van der Waals surface area contributed by atoms with Gasteiger partial charge >= 0.3 is 0 Å². The average Bonchev–Trinajstić information content (AvgIpc) is 3.19. The van der Waals surface area contributed by atoms with E-state index in [1.165, 1.54) is 0 Å². The van der Waals surface area contributed by atoms with Gasteiger partial charge in [-0.2, -0.15) is 0 Å². The van der Waals surface area contributed by atoms with Crippen LogP contribution in [0, 0.1) is 0 Å². The van der Waals surface area contributed by atoms with Gasteiger partial charge in [-0.25, -0.2) is 0 Å². The molecule has 0 aromatic heterocycles. The quantitative estimate of drug-likeness (QED) is 0.876. The number of carbonyl (C=O) groups is 2. The number of rotatable bonds is 5. The highest BCUT2D eigenvalue weighted by atomic mass is 35.5. The van der Waals surface area contributed by atoms with E-state index in [2.05, 4.69) is 5.32 Å². The summed E-state index contributed by atoms with van der Waals surface area (Å²) in [7, 11) is 0. The minimum Gasteiger partial charge on any atom is -0.339 e. The molecule has 0 unspecified atom stereocenters. The van der Waals surface area contributed by atoms with E-state index < -0.39 is 5.54 Å². The molecule has 114 valence electrons. The molecule has 0 spiro atoms. The number of nitrogens with one attached hydrogen (secondary N) is 1. The van der Waals surface area contributed by atoms with Crippen LogP contribution in [0.5, 0.6) is 0 Å². The highest BCUT2D eigenvalue weighted by Gasteiger charge is 2.45. The van der Waals surface area contributed by atoms with E-state index >= 15 is 0 Å². The summed E-state index contributed by atoms with van der Waals surface area (Å²) in [5, 5.41) is 3.06. The maximum Gasteiger partial charge on any atom is 0.255 e. The fourth-order valence-electron chi connectivity index (χ4n) is 2.06. The Kier molecular flexibility index (Phi) is 4.54. The van der Waals surface area contributed by atoms with Crippen LogP contribution in [0.15, 0.2) is 18.2 Å². The molecule has 3 N–H and O–H groups in total. The Morgan fingerprint density at radius 1 is 1.33 bits per heavy atom. The third-order valence-corrected chi connectivity index (χ3v) is 4.06. The van der Waals surface area contributed by atoms with E-state index in [0.717, 1.165) is 0 Å². The highest BCUT2D eigenvalue weighted by Crippen LogP contribution is 2.33. The molecule has 0 saturated heterocycles. The maximum atomic E-state index is 12.3. The van der Waals surface area contributed by atoms with Crippen LogP contribution in [-0.2, 0) is 4.79 Å². The minimum atomic E-state index is -0.734. The van der Waals surface area contributed by atoms with Crippen LogP contribution in [0.3, 0.4) is 0 Å². The zero-order valence-electron chi connectivity index (χ0n) is 12.3. The number of nitrogens with two attached hydrogens (primary N) is 1. The number of anilines is 1. The standard InChI is InChI=1S/C15H20ClN3O2/c1-3-19(4-2)13(20)11-6-5-10(9-12(11)16)18-14(21)15(17)7-8-15/h5-6,9H,3-4,7-8,17H2,1-2H3,(H,18,21). The number of halogens is 1. The summed E-state index contributed by atoms with van der Waals surface area (Å²) < 4.78 is 0. The van der Waals surface area contributed by atoms with Gasteiger partial charge in [0.1, 0.15) is 0 Å². The van der Waals surface area contributed by atoms with Gasteiger partial charge in [0.25, 0.3) is 5.91 Å². The first-order chi connectivity index (χ1) is 9.91. The second-order valence-corrected chi connectivity index (χ2v) is 5.69. The smallest absolute Gasteiger partial charge is 0.255 e. The number of benzene rings is 1. The molecule has 2 rings (SSSR count). The van der Waals surface area contributed by atoms with Crippen molar-refractivity contribution in [2.24, 2.45) is 5.73 Å². The second-order valence-electron chi connectivity index (χ2n) is 5.28. The van der Waals surface area contributed by atoms with E-state index in [4.69, 9.17) is 17.3 Å². The van der Waals surface area contributed by atoms with Gasteiger partial charge in [0.2, 0.25) is 5.91 Å². The molecule has 0 bridgehead atoms. The molecule has 1 fully saturated rings. The van der Waals surface area contributed by atoms with Crippen LogP contribution in [0.2, 0.25) is 5.02 Å². The van der Waals surface area contributed by atoms with Crippen LogP contribution >= 0.6 is 11.6 Å². The molecule has 2 amide bonds. The Bertz CT molecular complexity index is 566. The van der Waals surface area contributed by atoms with Crippen molar-refractivity contribution >= 4 is 29.1 Å². The van der Waals surface area contributed by atoms with Crippen molar-refractivity contribution in [1.82, 2.24) is 4.90 Å². The summed E-state index contributed by atoms with van der Waals surface area (Å²) in [6.07, 6.45) is 1.40. The minimum absolute atomic E-state index is 0.111. The van der Waals surface area contributed by atoms with E-state index in [1.807, 2.05) is 13.8 Å². The summed E-state index contributed by atoms with van der Waals surface area (Å²) in [4.78, 5) is 25.8. The number of hydrogen-bond acceptors (Lipinski definition) is 3. The largest absolute Gasteiger partial charge is 0.339 e. The lowest BCUT2D eigenvalue weighted by molar-refractivity contribution is -0.118. The Balaban J connectivity index is 2.13. The molecule has 0 atom stereocenters. The van der Waals surface area contributed by atoms with E-state index in [0.29, 0.717) is 42.2 Å². The monoisotopic (exact) mass is 309 g/mol. The van der Waals surface area contributed by atoms with E-state index in [9.17, 15) is 9.59 Å². The molecule has 0 aliphatic heterocycles. The van der Waals surface area contributed by atoms with E-state index in [1.54, 1.807) is 23.1 Å². The molecule has 6 heteroatoms. The lowest BCUT2D eigenvalue weighted by Gasteiger charge is -2.19. The van der Waals surface area contributed by atoms with Gasteiger partial charge in [-0.3, -0.25) is 9.59 Å². The molecule has 0 radical (unpaired) electrons. The third-order valence-electron chi connectivity index (χ3n) is 3.75. The summed E-state index contributed by atoms with van der Waals surface area (Å²) in [6, 6.07) is 4.89. The number of amides is 2. The fraction of sp³-hybridized carbons (Fsp3) is 0.467. The maximum absolute atomic E-state index is 12.3. The molecule has 1 aliphatic rings.